The lowest BCUT2D eigenvalue weighted by atomic mass is 10.0. The average Bonchev–Trinajstić information content (AvgIpc) is 2.84. The zero-order valence-electron chi connectivity index (χ0n) is 18.3. The molecule has 0 fully saturated rings. The van der Waals surface area contributed by atoms with E-state index in [-0.39, 0.29) is 0 Å². The predicted octanol–water partition coefficient (Wildman–Crippen LogP) is 5.67. The lowest BCUT2D eigenvalue weighted by Gasteiger charge is -2.28. The Hall–Kier alpha value is -2.89. The molecule has 0 saturated carbocycles. The standard InChI is InChI=1S/C27H27N3OS/c1-20-25(19-31-26-10-13-28-24-9-5-4-8-23(24)26)29-14-11-27(20)32-17-16-30-15-12-21-6-2-3-7-22(21)18-30/h2-11,13-14H,12,15-19H2,1H3. The first-order chi connectivity index (χ1) is 15.8. The number of thioether (sulfide) groups is 1. The summed E-state index contributed by atoms with van der Waals surface area (Å²) >= 11 is 1.91. The van der Waals surface area contributed by atoms with Gasteiger partial charge >= 0.3 is 0 Å². The third-order valence-corrected chi connectivity index (χ3v) is 7.25. The maximum absolute atomic E-state index is 6.15. The number of benzene rings is 2. The van der Waals surface area contributed by atoms with Crippen LogP contribution in [0.5, 0.6) is 5.75 Å². The first-order valence-corrected chi connectivity index (χ1v) is 12.1. The van der Waals surface area contributed by atoms with Crippen molar-refractivity contribution in [3.05, 3.63) is 95.4 Å². The quantitative estimate of drug-likeness (QED) is 0.346. The van der Waals surface area contributed by atoms with E-state index in [1.807, 2.05) is 48.3 Å². The predicted molar refractivity (Wildman–Crippen MR) is 131 cm³/mol. The summed E-state index contributed by atoms with van der Waals surface area (Å²) in [5.41, 5.74) is 6.13. The minimum Gasteiger partial charge on any atom is -0.487 e. The fourth-order valence-corrected chi connectivity index (χ4v) is 5.29. The molecular formula is C27H27N3OS. The molecule has 0 N–H and O–H groups in total. The van der Waals surface area contributed by atoms with Gasteiger partial charge in [-0.25, -0.2) is 0 Å². The number of fused-ring (bicyclic) bond motifs is 2. The molecule has 0 saturated heterocycles. The molecule has 0 aliphatic carbocycles. The Morgan fingerprint density at radius 3 is 2.69 bits per heavy atom. The number of rotatable bonds is 7. The molecule has 0 amide bonds. The highest BCUT2D eigenvalue weighted by Crippen LogP contribution is 2.27. The van der Waals surface area contributed by atoms with Crippen molar-refractivity contribution in [2.75, 3.05) is 18.8 Å². The molecule has 0 spiro atoms. The van der Waals surface area contributed by atoms with Crippen LogP contribution in [0.15, 0.2) is 78.0 Å². The van der Waals surface area contributed by atoms with Crippen LogP contribution in [0.2, 0.25) is 0 Å². The van der Waals surface area contributed by atoms with E-state index in [0.29, 0.717) is 6.61 Å². The molecule has 4 aromatic rings. The Balaban J connectivity index is 1.19. The molecule has 0 unspecified atom stereocenters. The molecule has 2 aromatic carbocycles. The van der Waals surface area contributed by atoms with Crippen molar-refractivity contribution < 1.29 is 4.74 Å². The maximum atomic E-state index is 6.15. The number of hydrogen-bond acceptors (Lipinski definition) is 5. The number of hydrogen-bond donors (Lipinski definition) is 0. The topological polar surface area (TPSA) is 38.2 Å². The Kier molecular flexibility index (Phi) is 6.37. The van der Waals surface area contributed by atoms with Crippen molar-refractivity contribution >= 4 is 22.7 Å². The minimum atomic E-state index is 0.456. The molecule has 1 aliphatic heterocycles. The molecule has 0 radical (unpaired) electrons. The van der Waals surface area contributed by atoms with Gasteiger partial charge < -0.3 is 4.74 Å². The fraction of sp³-hybridized carbons (Fsp3) is 0.259. The van der Waals surface area contributed by atoms with Crippen molar-refractivity contribution in [2.24, 2.45) is 0 Å². The average molecular weight is 442 g/mol. The van der Waals surface area contributed by atoms with Gasteiger partial charge in [0.2, 0.25) is 0 Å². The number of para-hydroxylation sites is 1. The van der Waals surface area contributed by atoms with E-state index < -0.39 is 0 Å². The molecule has 0 atom stereocenters. The Morgan fingerprint density at radius 2 is 1.75 bits per heavy atom. The van der Waals surface area contributed by atoms with Crippen molar-refractivity contribution in [3.63, 3.8) is 0 Å². The lowest BCUT2D eigenvalue weighted by Crippen LogP contribution is -2.32. The van der Waals surface area contributed by atoms with Crippen LogP contribution in [0.3, 0.4) is 0 Å². The van der Waals surface area contributed by atoms with Crippen LogP contribution in [-0.4, -0.2) is 33.7 Å². The Morgan fingerprint density at radius 1 is 0.938 bits per heavy atom. The molecule has 3 heterocycles. The summed E-state index contributed by atoms with van der Waals surface area (Å²) in [4.78, 5) is 12.9. The second kappa shape index (κ2) is 9.72. The Bertz CT molecular complexity index is 1220. The highest BCUT2D eigenvalue weighted by atomic mass is 32.2. The summed E-state index contributed by atoms with van der Waals surface area (Å²) in [6.07, 6.45) is 4.85. The lowest BCUT2D eigenvalue weighted by molar-refractivity contribution is 0.270. The summed E-state index contributed by atoms with van der Waals surface area (Å²) in [5, 5.41) is 1.03. The highest BCUT2D eigenvalue weighted by molar-refractivity contribution is 7.99. The van der Waals surface area contributed by atoms with E-state index in [1.54, 1.807) is 6.20 Å². The van der Waals surface area contributed by atoms with E-state index in [1.165, 1.54) is 21.6 Å². The summed E-state index contributed by atoms with van der Waals surface area (Å²) in [6, 6.07) is 20.9. The number of pyridine rings is 2. The molecule has 32 heavy (non-hydrogen) atoms. The van der Waals surface area contributed by atoms with Crippen molar-refractivity contribution in [2.45, 2.75) is 31.4 Å². The highest BCUT2D eigenvalue weighted by Gasteiger charge is 2.15. The monoisotopic (exact) mass is 441 g/mol. The SMILES string of the molecule is Cc1c(SCCN2CCc3ccccc3C2)ccnc1COc1ccnc2ccccc12. The molecule has 4 nitrogen and oxygen atoms in total. The number of nitrogens with zero attached hydrogens (tertiary/aromatic N) is 3. The normalized spacial score (nSPS) is 13.8. The van der Waals surface area contributed by atoms with Crippen LogP contribution >= 0.6 is 11.8 Å². The van der Waals surface area contributed by atoms with Gasteiger partial charge in [0, 0.05) is 48.1 Å². The van der Waals surface area contributed by atoms with Crippen LogP contribution < -0.4 is 4.74 Å². The van der Waals surface area contributed by atoms with Crippen molar-refractivity contribution in [1.29, 1.82) is 0 Å². The van der Waals surface area contributed by atoms with Gasteiger partial charge in [-0.05, 0) is 54.3 Å². The van der Waals surface area contributed by atoms with E-state index in [4.69, 9.17) is 4.74 Å². The molecule has 162 valence electrons. The third-order valence-electron chi connectivity index (χ3n) is 6.11. The van der Waals surface area contributed by atoms with Crippen LogP contribution in [0.25, 0.3) is 10.9 Å². The van der Waals surface area contributed by atoms with Crippen LogP contribution in [0, 0.1) is 6.92 Å². The number of aromatic nitrogens is 2. The third kappa shape index (κ3) is 4.64. The maximum Gasteiger partial charge on any atom is 0.131 e. The molecule has 5 heteroatoms. The summed E-state index contributed by atoms with van der Waals surface area (Å²) in [5.74, 6) is 1.92. The minimum absolute atomic E-state index is 0.456. The van der Waals surface area contributed by atoms with Gasteiger partial charge in [-0.15, -0.1) is 11.8 Å². The van der Waals surface area contributed by atoms with Gasteiger partial charge in [0.15, 0.2) is 0 Å². The smallest absolute Gasteiger partial charge is 0.131 e. The second-order valence-electron chi connectivity index (χ2n) is 8.14. The molecule has 2 aromatic heterocycles. The van der Waals surface area contributed by atoms with Crippen molar-refractivity contribution in [1.82, 2.24) is 14.9 Å². The van der Waals surface area contributed by atoms with Gasteiger partial charge in [-0.3, -0.25) is 14.9 Å². The molecule has 0 bridgehead atoms. The Labute approximate surface area is 193 Å². The van der Waals surface area contributed by atoms with Crippen LogP contribution in [-0.2, 0) is 19.6 Å². The fourth-order valence-electron chi connectivity index (χ4n) is 4.23. The van der Waals surface area contributed by atoms with Gasteiger partial charge in [-0.1, -0.05) is 36.4 Å². The first kappa shape index (κ1) is 21.0. The van der Waals surface area contributed by atoms with E-state index in [9.17, 15) is 0 Å². The van der Waals surface area contributed by atoms with E-state index >= 15 is 0 Å². The molecule has 1 aliphatic rings. The van der Waals surface area contributed by atoms with Gasteiger partial charge in [-0.2, -0.15) is 0 Å². The van der Waals surface area contributed by atoms with Crippen LogP contribution in [0.1, 0.15) is 22.4 Å². The van der Waals surface area contributed by atoms with E-state index in [2.05, 4.69) is 52.1 Å². The molecule has 5 rings (SSSR count). The second-order valence-corrected chi connectivity index (χ2v) is 9.28. The summed E-state index contributed by atoms with van der Waals surface area (Å²) in [6.45, 7) is 5.90. The van der Waals surface area contributed by atoms with Gasteiger partial charge in [0.25, 0.3) is 0 Å². The van der Waals surface area contributed by atoms with E-state index in [0.717, 1.165) is 54.2 Å². The van der Waals surface area contributed by atoms with Gasteiger partial charge in [0.1, 0.15) is 12.4 Å². The summed E-state index contributed by atoms with van der Waals surface area (Å²) < 4.78 is 6.15. The van der Waals surface area contributed by atoms with Crippen molar-refractivity contribution in [3.8, 4) is 5.75 Å². The largest absolute Gasteiger partial charge is 0.487 e. The van der Waals surface area contributed by atoms with Gasteiger partial charge in [0.05, 0.1) is 11.2 Å². The molecular weight excluding hydrogens is 414 g/mol. The zero-order valence-corrected chi connectivity index (χ0v) is 19.1. The zero-order chi connectivity index (χ0) is 21.8. The number of ether oxygens (including phenoxy) is 1. The summed E-state index contributed by atoms with van der Waals surface area (Å²) in [7, 11) is 0. The first-order valence-electron chi connectivity index (χ1n) is 11.1. The van der Waals surface area contributed by atoms with Crippen LogP contribution in [0.4, 0.5) is 0 Å².